The lowest BCUT2D eigenvalue weighted by Gasteiger charge is -2.24. The maximum atomic E-state index is 12.4. The molecule has 1 aliphatic carbocycles. The number of aromatic nitrogens is 1. The van der Waals surface area contributed by atoms with Gasteiger partial charge in [-0.3, -0.25) is 17.8 Å². The van der Waals surface area contributed by atoms with E-state index in [0.717, 1.165) is 30.9 Å². The quantitative estimate of drug-likeness (QED) is 0.580. The molecular formula is C16H20IN3O. The number of likely N-dealkylation sites (tertiary alicyclic amines) is 1. The Morgan fingerprint density at radius 2 is 2.05 bits per heavy atom. The second-order valence-electron chi connectivity index (χ2n) is 6.48. The largest absolute Gasteiger partial charge is 0.295 e. The Bertz CT molecular complexity index is 593. The molecule has 0 N–H and O–H groups in total. The molecule has 112 valence electrons. The van der Waals surface area contributed by atoms with Crippen molar-refractivity contribution in [3.63, 3.8) is 0 Å². The Morgan fingerprint density at radius 1 is 1.33 bits per heavy atom. The summed E-state index contributed by atoms with van der Waals surface area (Å²) in [5, 5.41) is 0. The van der Waals surface area contributed by atoms with E-state index in [1.807, 2.05) is 0 Å². The number of carbonyl (C=O) groups is 1. The second-order valence-corrected chi connectivity index (χ2v) is 7.64. The number of pyridine rings is 1. The molecule has 2 aliphatic heterocycles. The molecule has 0 aromatic carbocycles. The van der Waals surface area contributed by atoms with E-state index in [0.29, 0.717) is 12.0 Å². The summed E-state index contributed by atoms with van der Waals surface area (Å²) in [5.74, 6) is 0.755. The molecule has 0 spiro atoms. The van der Waals surface area contributed by atoms with E-state index in [-0.39, 0.29) is 5.91 Å². The fourth-order valence-corrected chi connectivity index (χ4v) is 4.14. The van der Waals surface area contributed by atoms with E-state index < -0.39 is 0 Å². The lowest BCUT2D eigenvalue weighted by molar-refractivity contribution is 0.0905. The van der Waals surface area contributed by atoms with Gasteiger partial charge in [-0.05, 0) is 51.8 Å². The van der Waals surface area contributed by atoms with Crippen molar-refractivity contribution in [3.05, 3.63) is 28.6 Å². The molecule has 1 aromatic rings. The number of hydrogen-bond donors (Lipinski definition) is 0. The topological polar surface area (TPSA) is 36.4 Å². The maximum absolute atomic E-state index is 12.4. The summed E-state index contributed by atoms with van der Waals surface area (Å²) < 4.78 is 1.79. The van der Waals surface area contributed by atoms with Gasteiger partial charge in [-0.1, -0.05) is 0 Å². The number of carbonyl (C=O) groups excluding carboxylic acids is 1. The summed E-state index contributed by atoms with van der Waals surface area (Å²) in [6, 6.07) is 2.39. The molecule has 21 heavy (non-hydrogen) atoms. The van der Waals surface area contributed by atoms with Crippen molar-refractivity contribution in [2.45, 2.75) is 51.1 Å². The van der Waals surface area contributed by atoms with Crippen LogP contribution >= 0.6 is 22.9 Å². The molecule has 1 saturated heterocycles. The van der Waals surface area contributed by atoms with Crippen LogP contribution < -0.4 is 0 Å². The standard InChI is InChI=1S/C16H20IN3O/c1-10(19-6-2-3-7-19)14-8-12-13(9-20(17)16(12)21)15(18-14)11-4-5-11/h8,10-11H,2-7,9H2,1H3. The monoisotopic (exact) mass is 397 g/mol. The molecule has 0 bridgehead atoms. The van der Waals surface area contributed by atoms with Gasteiger partial charge in [-0.15, -0.1) is 0 Å². The van der Waals surface area contributed by atoms with Gasteiger partial charge in [0.1, 0.15) is 0 Å². The van der Waals surface area contributed by atoms with Crippen molar-refractivity contribution in [1.82, 2.24) is 13.0 Å². The lowest BCUT2D eigenvalue weighted by atomic mass is 10.0. The zero-order valence-electron chi connectivity index (χ0n) is 12.3. The number of nitrogens with zero attached hydrogens (tertiary/aromatic N) is 3. The molecule has 4 nitrogen and oxygen atoms in total. The van der Waals surface area contributed by atoms with Crippen LogP contribution in [0, 0.1) is 0 Å². The lowest BCUT2D eigenvalue weighted by Crippen LogP contribution is -2.24. The SMILES string of the molecule is CC(c1cc2c(c(C3CC3)n1)CN(I)C2=O)N1CCCC1. The van der Waals surface area contributed by atoms with Gasteiger partial charge in [0.2, 0.25) is 0 Å². The molecule has 1 unspecified atom stereocenters. The zero-order chi connectivity index (χ0) is 14.6. The minimum atomic E-state index is 0.157. The smallest absolute Gasteiger partial charge is 0.263 e. The van der Waals surface area contributed by atoms with Crippen molar-refractivity contribution < 1.29 is 4.79 Å². The zero-order valence-corrected chi connectivity index (χ0v) is 14.5. The fraction of sp³-hybridized carbons (Fsp3) is 0.625. The molecule has 1 atom stereocenters. The molecule has 3 aliphatic rings. The third-order valence-corrected chi connectivity index (χ3v) is 5.78. The molecule has 0 radical (unpaired) electrons. The van der Waals surface area contributed by atoms with Crippen LogP contribution in [0.3, 0.4) is 0 Å². The predicted octanol–water partition coefficient (Wildman–Crippen LogP) is 3.42. The average Bonchev–Trinajstić information content (AvgIpc) is 3.11. The van der Waals surface area contributed by atoms with Crippen LogP contribution in [-0.2, 0) is 6.54 Å². The second kappa shape index (κ2) is 5.19. The summed E-state index contributed by atoms with van der Waals surface area (Å²) in [7, 11) is 0. The molecule has 5 heteroatoms. The van der Waals surface area contributed by atoms with Crippen molar-refractivity contribution in [1.29, 1.82) is 0 Å². The number of halogens is 1. The van der Waals surface area contributed by atoms with Crippen LogP contribution in [0.15, 0.2) is 6.07 Å². The van der Waals surface area contributed by atoms with Crippen molar-refractivity contribution in [2.24, 2.45) is 0 Å². The molecular weight excluding hydrogens is 377 g/mol. The van der Waals surface area contributed by atoms with Crippen LogP contribution in [0.25, 0.3) is 0 Å². The van der Waals surface area contributed by atoms with Gasteiger partial charge < -0.3 is 0 Å². The molecule has 1 aromatic heterocycles. The Hall–Kier alpha value is -0.690. The first-order valence-electron chi connectivity index (χ1n) is 7.90. The van der Waals surface area contributed by atoms with Gasteiger partial charge in [-0.2, -0.15) is 0 Å². The molecule has 4 rings (SSSR count). The Kier molecular flexibility index (Phi) is 3.45. The van der Waals surface area contributed by atoms with Crippen molar-refractivity contribution in [3.8, 4) is 0 Å². The molecule has 1 saturated carbocycles. The molecule has 2 fully saturated rings. The van der Waals surface area contributed by atoms with Crippen molar-refractivity contribution >= 4 is 28.8 Å². The third-order valence-electron chi connectivity index (χ3n) is 5.00. The first-order valence-corrected chi connectivity index (χ1v) is 8.87. The highest BCUT2D eigenvalue weighted by atomic mass is 127. The molecule has 3 heterocycles. The Morgan fingerprint density at radius 3 is 2.71 bits per heavy atom. The number of hydrogen-bond acceptors (Lipinski definition) is 3. The highest BCUT2D eigenvalue weighted by Gasteiger charge is 2.36. The van der Waals surface area contributed by atoms with Crippen LogP contribution in [0.1, 0.15) is 71.9 Å². The van der Waals surface area contributed by atoms with Crippen LogP contribution in [0.5, 0.6) is 0 Å². The van der Waals surface area contributed by atoms with Crippen LogP contribution in [-0.4, -0.2) is 32.0 Å². The van der Waals surface area contributed by atoms with Gasteiger partial charge in [0.05, 0.1) is 35.1 Å². The fourth-order valence-electron chi connectivity index (χ4n) is 3.53. The van der Waals surface area contributed by atoms with Crippen molar-refractivity contribution in [2.75, 3.05) is 13.1 Å². The van der Waals surface area contributed by atoms with Crippen LogP contribution in [0.2, 0.25) is 0 Å². The first-order chi connectivity index (χ1) is 10.1. The van der Waals surface area contributed by atoms with E-state index in [2.05, 4.69) is 40.8 Å². The van der Waals surface area contributed by atoms with Gasteiger partial charge >= 0.3 is 0 Å². The van der Waals surface area contributed by atoms with E-state index in [1.54, 1.807) is 3.11 Å². The normalized spacial score (nSPS) is 23.7. The molecule has 1 amide bonds. The maximum Gasteiger partial charge on any atom is 0.263 e. The third kappa shape index (κ3) is 2.38. The number of fused-ring (bicyclic) bond motifs is 1. The van der Waals surface area contributed by atoms with E-state index in [4.69, 9.17) is 4.98 Å². The minimum Gasteiger partial charge on any atom is -0.295 e. The van der Waals surface area contributed by atoms with E-state index in [1.165, 1.54) is 36.9 Å². The summed E-state index contributed by atoms with van der Waals surface area (Å²) in [4.78, 5) is 19.9. The summed E-state index contributed by atoms with van der Waals surface area (Å²) >= 11 is 2.13. The Balaban J connectivity index is 1.75. The number of rotatable bonds is 3. The summed E-state index contributed by atoms with van der Waals surface area (Å²) in [6.07, 6.45) is 5.03. The van der Waals surface area contributed by atoms with Gasteiger partial charge in [0.25, 0.3) is 5.91 Å². The first kappa shape index (κ1) is 13.9. The Labute approximate surface area is 139 Å². The predicted molar refractivity (Wildman–Crippen MR) is 89.3 cm³/mol. The van der Waals surface area contributed by atoms with E-state index in [9.17, 15) is 4.79 Å². The minimum absolute atomic E-state index is 0.157. The summed E-state index contributed by atoms with van der Waals surface area (Å²) in [5.41, 5.74) is 4.40. The van der Waals surface area contributed by atoms with Gasteiger partial charge in [-0.25, -0.2) is 0 Å². The van der Waals surface area contributed by atoms with Gasteiger partial charge in [0.15, 0.2) is 0 Å². The highest BCUT2D eigenvalue weighted by Crippen LogP contribution is 2.44. The number of amides is 1. The van der Waals surface area contributed by atoms with Gasteiger partial charge in [0, 0.05) is 28.8 Å². The van der Waals surface area contributed by atoms with E-state index >= 15 is 0 Å². The highest BCUT2D eigenvalue weighted by molar-refractivity contribution is 14.1. The van der Waals surface area contributed by atoms with Crippen LogP contribution in [0.4, 0.5) is 0 Å². The summed E-state index contributed by atoms with van der Waals surface area (Å²) in [6.45, 7) is 5.28. The average molecular weight is 397 g/mol.